The Bertz CT molecular complexity index is 1450. The second-order valence-corrected chi connectivity index (χ2v) is 12.3. The van der Waals surface area contributed by atoms with Gasteiger partial charge in [-0.2, -0.15) is 0 Å². The van der Waals surface area contributed by atoms with E-state index in [2.05, 4.69) is 9.44 Å². The van der Waals surface area contributed by atoms with Crippen LogP contribution in [0.5, 0.6) is 0 Å². The number of esters is 1. The number of ether oxygens (including phenoxy) is 1. The fourth-order valence-corrected chi connectivity index (χ4v) is 5.58. The van der Waals surface area contributed by atoms with Crippen LogP contribution in [-0.2, 0) is 24.8 Å². The van der Waals surface area contributed by atoms with Crippen molar-refractivity contribution in [2.45, 2.75) is 49.3 Å². The monoisotopic (exact) mass is 530 g/mol. The number of carbonyl (C=O) groups excluding carboxylic acids is 1. The Morgan fingerprint density at radius 2 is 1.08 bits per heavy atom. The van der Waals surface area contributed by atoms with Crippen molar-refractivity contribution in [3.8, 4) is 0 Å². The van der Waals surface area contributed by atoms with E-state index in [0.717, 1.165) is 11.1 Å². The van der Waals surface area contributed by atoms with Crippen LogP contribution < -0.4 is 9.44 Å². The quantitative estimate of drug-likeness (QED) is 0.361. The molecule has 0 saturated carbocycles. The first-order chi connectivity index (χ1) is 16.8. The van der Waals surface area contributed by atoms with Gasteiger partial charge in [-0.05, 0) is 65.4 Å². The molecule has 0 fully saturated rings. The first kappa shape index (κ1) is 27.2. The van der Waals surface area contributed by atoms with Crippen molar-refractivity contribution in [3.05, 3.63) is 83.4 Å². The SMILES string of the molecule is COC(=O)c1ccc(NS(=O)(=O)c2ccc(C(C)C)cc2)c(NS(=O)(=O)c2ccc(C(C)C)cc2)c1. The molecule has 0 aliphatic carbocycles. The molecule has 0 bridgehead atoms. The first-order valence-electron chi connectivity index (χ1n) is 11.3. The summed E-state index contributed by atoms with van der Waals surface area (Å²) in [6.07, 6.45) is 0. The molecule has 0 aliphatic heterocycles. The zero-order valence-electron chi connectivity index (χ0n) is 20.8. The molecule has 8 nitrogen and oxygen atoms in total. The van der Waals surface area contributed by atoms with Gasteiger partial charge in [0, 0.05) is 0 Å². The Morgan fingerprint density at radius 1 is 0.667 bits per heavy atom. The van der Waals surface area contributed by atoms with Crippen LogP contribution in [0.3, 0.4) is 0 Å². The smallest absolute Gasteiger partial charge is 0.337 e. The molecule has 0 aliphatic rings. The molecule has 0 radical (unpaired) electrons. The summed E-state index contributed by atoms with van der Waals surface area (Å²) in [6, 6.07) is 16.7. The number of hydrogen-bond donors (Lipinski definition) is 2. The van der Waals surface area contributed by atoms with Gasteiger partial charge in [-0.1, -0.05) is 52.0 Å². The van der Waals surface area contributed by atoms with E-state index < -0.39 is 26.0 Å². The van der Waals surface area contributed by atoms with Crippen molar-refractivity contribution in [2.24, 2.45) is 0 Å². The highest BCUT2D eigenvalue weighted by molar-refractivity contribution is 7.93. The molecule has 0 atom stereocenters. The lowest BCUT2D eigenvalue weighted by Gasteiger charge is -2.16. The molecule has 0 aromatic heterocycles. The third-order valence-corrected chi connectivity index (χ3v) is 8.41. The van der Waals surface area contributed by atoms with Gasteiger partial charge >= 0.3 is 5.97 Å². The average molecular weight is 531 g/mol. The fraction of sp³-hybridized carbons (Fsp3) is 0.269. The molecule has 2 N–H and O–H groups in total. The molecule has 3 rings (SSSR count). The van der Waals surface area contributed by atoms with Gasteiger partial charge < -0.3 is 4.74 Å². The third-order valence-electron chi connectivity index (χ3n) is 5.64. The van der Waals surface area contributed by atoms with Crippen LogP contribution in [0.2, 0.25) is 0 Å². The number of carbonyl (C=O) groups is 1. The van der Waals surface area contributed by atoms with Crippen LogP contribution in [0.25, 0.3) is 0 Å². The summed E-state index contributed by atoms with van der Waals surface area (Å²) in [5, 5.41) is 0. The van der Waals surface area contributed by atoms with E-state index in [9.17, 15) is 21.6 Å². The Kier molecular flexibility index (Phi) is 8.10. The molecule has 0 amide bonds. The molecular formula is C26H30N2O6S2. The minimum absolute atomic E-state index is 0.00606. The van der Waals surface area contributed by atoms with Crippen LogP contribution in [-0.4, -0.2) is 29.9 Å². The maximum absolute atomic E-state index is 13.1. The van der Waals surface area contributed by atoms with E-state index in [4.69, 9.17) is 4.74 Å². The van der Waals surface area contributed by atoms with Gasteiger partial charge in [-0.15, -0.1) is 0 Å². The van der Waals surface area contributed by atoms with E-state index in [1.165, 1.54) is 49.6 Å². The van der Waals surface area contributed by atoms with Crippen LogP contribution in [0.4, 0.5) is 11.4 Å². The molecule has 10 heteroatoms. The number of nitrogens with one attached hydrogen (secondary N) is 2. The van der Waals surface area contributed by atoms with Crippen molar-refractivity contribution >= 4 is 37.4 Å². The van der Waals surface area contributed by atoms with Crippen LogP contribution >= 0.6 is 0 Å². The zero-order valence-corrected chi connectivity index (χ0v) is 22.4. The Labute approximate surface area is 212 Å². The number of sulfonamides is 2. The van der Waals surface area contributed by atoms with Gasteiger partial charge in [0.2, 0.25) is 0 Å². The van der Waals surface area contributed by atoms with E-state index in [0.29, 0.717) is 0 Å². The molecule has 3 aromatic carbocycles. The van der Waals surface area contributed by atoms with Gasteiger partial charge in [0.15, 0.2) is 0 Å². The van der Waals surface area contributed by atoms with E-state index >= 15 is 0 Å². The highest BCUT2D eigenvalue weighted by Gasteiger charge is 2.22. The molecule has 0 spiro atoms. The highest BCUT2D eigenvalue weighted by atomic mass is 32.2. The zero-order chi connectivity index (χ0) is 26.7. The minimum atomic E-state index is -4.10. The lowest BCUT2D eigenvalue weighted by Crippen LogP contribution is -2.18. The molecule has 3 aromatic rings. The number of rotatable bonds is 9. The van der Waals surface area contributed by atoms with E-state index in [-0.39, 0.29) is 38.6 Å². The second kappa shape index (κ2) is 10.7. The second-order valence-electron chi connectivity index (χ2n) is 8.91. The first-order valence-corrected chi connectivity index (χ1v) is 14.3. The van der Waals surface area contributed by atoms with Crippen LogP contribution in [0, 0.1) is 0 Å². The Balaban J connectivity index is 2.00. The predicted molar refractivity (Wildman–Crippen MR) is 140 cm³/mol. The summed E-state index contributed by atoms with van der Waals surface area (Å²) >= 11 is 0. The van der Waals surface area contributed by atoms with Crippen molar-refractivity contribution < 1.29 is 26.4 Å². The standard InChI is InChI=1S/C26H30N2O6S2/c1-17(2)19-6-11-22(12-7-19)35(30,31)27-24-15-10-21(26(29)34-5)16-25(24)28-36(32,33)23-13-8-20(9-14-23)18(3)4/h6-18,27-28H,1-5H3. The van der Waals surface area contributed by atoms with E-state index in [1.54, 1.807) is 24.3 Å². The predicted octanol–water partition coefficient (Wildman–Crippen LogP) is 5.32. The van der Waals surface area contributed by atoms with Gasteiger partial charge in [-0.3, -0.25) is 9.44 Å². The van der Waals surface area contributed by atoms with Crippen molar-refractivity contribution in [1.29, 1.82) is 0 Å². The van der Waals surface area contributed by atoms with Crippen molar-refractivity contribution in [1.82, 2.24) is 0 Å². The van der Waals surface area contributed by atoms with Gasteiger partial charge in [0.1, 0.15) is 0 Å². The lowest BCUT2D eigenvalue weighted by molar-refractivity contribution is 0.0601. The summed E-state index contributed by atoms with van der Waals surface area (Å²) in [6.45, 7) is 7.99. The summed E-state index contributed by atoms with van der Waals surface area (Å²) in [5.74, 6) is -0.242. The molecule has 36 heavy (non-hydrogen) atoms. The molecule has 0 unspecified atom stereocenters. The third kappa shape index (κ3) is 6.24. The summed E-state index contributed by atoms with van der Waals surface area (Å²) in [5.41, 5.74) is 1.84. The van der Waals surface area contributed by atoms with Gasteiger partial charge in [0.25, 0.3) is 20.0 Å². The highest BCUT2D eigenvalue weighted by Crippen LogP contribution is 2.30. The topological polar surface area (TPSA) is 119 Å². The Morgan fingerprint density at radius 3 is 1.47 bits per heavy atom. The summed E-state index contributed by atoms with van der Waals surface area (Å²) in [4.78, 5) is 12.1. The average Bonchev–Trinajstić information content (AvgIpc) is 2.84. The van der Waals surface area contributed by atoms with Crippen molar-refractivity contribution in [2.75, 3.05) is 16.6 Å². The molecule has 0 saturated heterocycles. The van der Waals surface area contributed by atoms with Crippen molar-refractivity contribution in [3.63, 3.8) is 0 Å². The molecule has 0 heterocycles. The number of hydrogen-bond acceptors (Lipinski definition) is 6. The fourth-order valence-electron chi connectivity index (χ4n) is 3.43. The largest absolute Gasteiger partial charge is 0.465 e. The summed E-state index contributed by atoms with van der Waals surface area (Å²) in [7, 11) is -6.96. The number of benzene rings is 3. The van der Waals surface area contributed by atoms with Crippen LogP contribution in [0.1, 0.15) is 61.0 Å². The Hall–Kier alpha value is -3.37. The number of anilines is 2. The minimum Gasteiger partial charge on any atom is -0.465 e. The molecular weight excluding hydrogens is 500 g/mol. The lowest BCUT2D eigenvalue weighted by atomic mass is 10.0. The normalized spacial score (nSPS) is 12.0. The van der Waals surface area contributed by atoms with Gasteiger partial charge in [0.05, 0.1) is 33.8 Å². The van der Waals surface area contributed by atoms with Crippen LogP contribution in [0.15, 0.2) is 76.5 Å². The summed E-state index contributed by atoms with van der Waals surface area (Å²) < 4.78 is 61.9. The van der Waals surface area contributed by atoms with E-state index in [1.807, 2.05) is 27.7 Å². The van der Waals surface area contributed by atoms with Gasteiger partial charge in [-0.25, -0.2) is 21.6 Å². The number of methoxy groups -OCH3 is 1. The maximum Gasteiger partial charge on any atom is 0.337 e. The molecule has 192 valence electrons. The maximum atomic E-state index is 13.1.